The molecule has 1 saturated heterocycles. The molecule has 1 aliphatic heterocycles. The van der Waals surface area contributed by atoms with E-state index in [9.17, 15) is 5.11 Å². The minimum absolute atomic E-state index is 0.461. The molecule has 0 spiro atoms. The van der Waals surface area contributed by atoms with E-state index in [4.69, 9.17) is 6.42 Å². The number of rotatable bonds is 3. The molecule has 1 saturated carbocycles. The van der Waals surface area contributed by atoms with Crippen LogP contribution in [-0.2, 0) is 0 Å². The predicted octanol–water partition coefficient (Wildman–Crippen LogP) is 1.39. The van der Waals surface area contributed by atoms with Gasteiger partial charge in [0.1, 0.15) is 0 Å². The molecule has 14 heavy (non-hydrogen) atoms. The first kappa shape index (κ1) is 10.0. The number of piperidine rings is 1. The molecule has 2 nitrogen and oxygen atoms in total. The third-order valence-corrected chi connectivity index (χ3v) is 3.53. The molecule has 0 amide bonds. The molecule has 78 valence electrons. The lowest BCUT2D eigenvalue weighted by Crippen LogP contribution is -2.45. The van der Waals surface area contributed by atoms with Crippen LogP contribution in [0.5, 0.6) is 0 Å². The molecule has 0 unspecified atom stereocenters. The predicted molar refractivity (Wildman–Crippen MR) is 56.8 cm³/mol. The summed E-state index contributed by atoms with van der Waals surface area (Å²) in [6.07, 6.45) is 11.3. The Bertz CT molecular complexity index is 231. The smallest absolute Gasteiger partial charge is 0.0681 e. The van der Waals surface area contributed by atoms with Gasteiger partial charge in [-0.1, -0.05) is 0 Å². The Morgan fingerprint density at radius 2 is 2.00 bits per heavy atom. The highest BCUT2D eigenvalue weighted by atomic mass is 16.3. The van der Waals surface area contributed by atoms with Crippen LogP contribution in [0, 0.1) is 12.3 Å². The van der Waals surface area contributed by atoms with Gasteiger partial charge < -0.3 is 10.0 Å². The summed E-state index contributed by atoms with van der Waals surface area (Å²) >= 11 is 0. The van der Waals surface area contributed by atoms with Gasteiger partial charge in [0, 0.05) is 25.6 Å². The van der Waals surface area contributed by atoms with Gasteiger partial charge in [0.05, 0.1) is 5.60 Å². The van der Waals surface area contributed by atoms with Gasteiger partial charge in [-0.3, -0.25) is 0 Å². The second-order valence-corrected chi connectivity index (χ2v) is 4.70. The summed E-state index contributed by atoms with van der Waals surface area (Å²) in [5, 5.41) is 10.2. The fourth-order valence-corrected chi connectivity index (χ4v) is 2.30. The van der Waals surface area contributed by atoms with Crippen molar-refractivity contribution in [1.82, 2.24) is 4.90 Å². The van der Waals surface area contributed by atoms with Gasteiger partial charge in [-0.25, -0.2) is 0 Å². The quantitative estimate of drug-likeness (QED) is 0.685. The third kappa shape index (κ3) is 2.29. The first-order valence-electron chi connectivity index (χ1n) is 5.63. The van der Waals surface area contributed by atoms with Crippen LogP contribution in [0.25, 0.3) is 0 Å². The van der Waals surface area contributed by atoms with Gasteiger partial charge in [-0.15, -0.1) is 12.3 Å². The van der Waals surface area contributed by atoms with E-state index in [2.05, 4.69) is 10.8 Å². The van der Waals surface area contributed by atoms with Gasteiger partial charge in [0.25, 0.3) is 0 Å². The van der Waals surface area contributed by atoms with Crippen LogP contribution >= 0.6 is 0 Å². The van der Waals surface area contributed by atoms with Crippen molar-refractivity contribution in [2.24, 2.45) is 0 Å². The second-order valence-electron chi connectivity index (χ2n) is 4.70. The standard InChI is InChI=1S/C12H19NO/c1-2-3-6-12(14)7-9-13(10-8-12)11-4-5-11/h1,11,14H,3-10H2. The molecular weight excluding hydrogens is 174 g/mol. The first-order valence-corrected chi connectivity index (χ1v) is 5.63. The topological polar surface area (TPSA) is 23.5 Å². The second kappa shape index (κ2) is 3.92. The van der Waals surface area contributed by atoms with Gasteiger partial charge in [0.15, 0.2) is 0 Å². The summed E-state index contributed by atoms with van der Waals surface area (Å²) in [4.78, 5) is 2.52. The number of nitrogens with zero attached hydrogens (tertiary/aromatic N) is 1. The fraction of sp³-hybridized carbons (Fsp3) is 0.833. The minimum atomic E-state index is -0.461. The van der Waals surface area contributed by atoms with Gasteiger partial charge in [-0.05, 0) is 32.1 Å². The van der Waals surface area contributed by atoms with Crippen molar-refractivity contribution in [3.8, 4) is 12.3 Å². The lowest BCUT2D eigenvalue weighted by molar-refractivity contribution is -0.0281. The maximum atomic E-state index is 10.2. The molecule has 0 bridgehead atoms. The van der Waals surface area contributed by atoms with E-state index >= 15 is 0 Å². The molecular formula is C12H19NO. The van der Waals surface area contributed by atoms with Crippen molar-refractivity contribution >= 4 is 0 Å². The molecule has 0 radical (unpaired) electrons. The van der Waals surface area contributed by atoms with E-state index in [1.54, 1.807) is 0 Å². The average Bonchev–Trinajstić information content (AvgIpc) is 3.00. The van der Waals surface area contributed by atoms with Crippen LogP contribution in [0.1, 0.15) is 38.5 Å². The Kier molecular flexibility index (Phi) is 2.80. The molecule has 0 aromatic rings. The van der Waals surface area contributed by atoms with E-state index in [1.807, 2.05) is 0 Å². The highest BCUT2D eigenvalue weighted by Crippen LogP contribution is 2.33. The minimum Gasteiger partial charge on any atom is -0.390 e. The van der Waals surface area contributed by atoms with Crippen LogP contribution in [0.4, 0.5) is 0 Å². The highest BCUT2D eigenvalue weighted by molar-refractivity contribution is 4.95. The number of aliphatic hydroxyl groups is 1. The van der Waals surface area contributed by atoms with Gasteiger partial charge in [-0.2, -0.15) is 0 Å². The maximum Gasteiger partial charge on any atom is 0.0681 e. The Balaban J connectivity index is 1.78. The summed E-state index contributed by atoms with van der Waals surface area (Å²) in [5.74, 6) is 2.61. The van der Waals surface area contributed by atoms with Crippen LogP contribution in [0.3, 0.4) is 0 Å². The largest absolute Gasteiger partial charge is 0.390 e. The molecule has 1 N–H and O–H groups in total. The van der Waals surface area contributed by atoms with Crippen LogP contribution in [0.15, 0.2) is 0 Å². The zero-order valence-corrected chi connectivity index (χ0v) is 8.71. The van der Waals surface area contributed by atoms with Crippen molar-refractivity contribution in [3.63, 3.8) is 0 Å². The summed E-state index contributed by atoms with van der Waals surface area (Å²) in [6.45, 7) is 2.12. The lowest BCUT2D eigenvalue weighted by Gasteiger charge is -2.38. The highest BCUT2D eigenvalue weighted by Gasteiger charge is 2.37. The monoisotopic (exact) mass is 193 g/mol. The number of terminal acetylenes is 1. The Hall–Kier alpha value is -0.520. The number of hydrogen-bond donors (Lipinski definition) is 1. The Labute approximate surface area is 86.3 Å². The Morgan fingerprint density at radius 1 is 1.36 bits per heavy atom. The lowest BCUT2D eigenvalue weighted by atomic mass is 9.87. The van der Waals surface area contributed by atoms with E-state index < -0.39 is 5.60 Å². The van der Waals surface area contributed by atoms with Crippen molar-refractivity contribution in [1.29, 1.82) is 0 Å². The number of likely N-dealkylation sites (tertiary alicyclic amines) is 1. The van der Waals surface area contributed by atoms with Crippen molar-refractivity contribution in [2.45, 2.75) is 50.2 Å². The molecule has 1 heterocycles. The van der Waals surface area contributed by atoms with Crippen molar-refractivity contribution in [3.05, 3.63) is 0 Å². The van der Waals surface area contributed by atoms with Crippen molar-refractivity contribution in [2.75, 3.05) is 13.1 Å². The summed E-state index contributed by atoms with van der Waals surface area (Å²) in [6, 6.07) is 0.840. The van der Waals surface area contributed by atoms with Crippen LogP contribution < -0.4 is 0 Å². The number of hydrogen-bond acceptors (Lipinski definition) is 2. The van der Waals surface area contributed by atoms with Gasteiger partial charge >= 0.3 is 0 Å². The molecule has 2 rings (SSSR count). The molecule has 2 fully saturated rings. The molecule has 0 atom stereocenters. The summed E-state index contributed by atoms with van der Waals surface area (Å²) < 4.78 is 0. The van der Waals surface area contributed by atoms with Crippen LogP contribution in [0.2, 0.25) is 0 Å². The summed E-state index contributed by atoms with van der Waals surface area (Å²) in [5.41, 5.74) is -0.461. The van der Waals surface area contributed by atoms with E-state index in [1.165, 1.54) is 12.8 Å². The molecule has 0 aromatic heterocycles. The normalized spacial score (nSPS) is 27.1. The van der Waals surface area contributed by atoms with Gasteiger partial charge in [0.2, 0.25) is 0 Å². The van der Waals surface area contributed by atoms with E-state index in [0.29, 0.717) is 6.42 Å². The Morgan fingerprint density at radius 3 is 2.50 bits per heavy atom. The SMILES string of the molecule is C#CCCC1(O)CCN(C2CC2)CC1. The van der Waals surface area contributed by atoms with E-state index in [-0.39, 0.29) is 0 Å². The molecule has 2 heteroatoms. The van der Waals surface area contributed by atoms with Crippen molar-refractivity contribution < 1.29 is 5.11 Å². The summed E-state index contributed by atoms with van der Waals surface area (Å²) in [7, 11) is 0. The third-order valence-electron chi connectivity index (χ3n) is 3.53. The zero-order chi connectivity index (χ0) is 10.0. The fourth-order valence-electron chi connectivity index (χ4n) is 2.30. The van der Waals surface area contributed by atoms with E-state index in [0.717, 1.165) is 38.4 Å². The molecule has 1 aliphatic carbocycles. The average molecular weight is 193 g/mol. The molecule has 2 aliphatic rings. The first-order chi connectivity index (χ1) is 6.73. The van der Waals surface area contributed by atoms with Crippen LogP contribution in [-0.4, -0.2) is 34.7 Å². The zero-order valence-electron chi connectivity index (χ0n) is 8.71. The molecule has 0 aromatic carbocycles. The maximum absolute atomic E-state index is 10.2.